The zero-order valence-corrected chi connectivity index (χ0v) is 11.1. The average Bonchev–Trinajstić information content (AvgIpc) is 2.53. The second kappa shape index (κ2) is 6.52. The van der Waals surface area contributed by atoms with Gasteiger partial charge in [-0.3, -0.25) is 4.79 Å². The number of hydrogen-bond acceptors (Lipinski definition) is 3. The first-order valence-electron chi connectivity index (χ1n) is 6.24. The van der Waals surface area contributed by atoms with Crippen molar-refractivity contribution in [3.05, 3.63) is 71.3 Å². The van der Waals surface area contributed by atoms with E-state index in [9.17, 15) is 9.59 Å². The molecule has 0 saturated heterocycles. The van der Waals surface area contributed by atoms with E-state index in [2.05, 4.69) is 5.32 Å². The summed E-state index contributed by atoms with van der Waals surface area (Å²) in [6, 6.07) is 15.8. The van der Waals surface area contributed by atoms with Gasteiger partial charge in [0.15, 0.2) is 0 Å². The van der Waals surface area contributed by atoms with E-state index in [1.165, 1.54) is 0 Å². The number of amides is 1. The summed E-state index contributed by atoms with van der Waals surface area (Å²) in [5, 5.41) is 2.52. The minimum atomic E-state index is -0.405. The van der Waals surface area contributed by atoms with Gasteiger partial charge in [-0.1, -0.05) is 30.3 Å². The van der Waals surface area contributed by atoms with Crippen LogP contribution in [0.2, 0.25) is 0 Å². The van der Waals surface area contributed by atoms with Crippen LogP contribution in [0, 0.1) is 0 Å². The molecule has 1 N–H and O–H groups in total. The molecule has 4 heteroatoms. The van der Waals surface area contributed by atoms with Crippen LogP contribution in [0.4, 0.5) is 0 Å². The van der Waals surface area contributed by atoms with Gasteiger partial charge in [-0.15, -0.1) is 0 Å². The number of hydrogen-bond donors (Lipinski definition) is 1. The Morgan fingerprint density at radius 1 is 0.950 bits per heavy atom. The Bertz CT molecular complexity index is 591. The molecule has 2 aromatic rings. The fraction of sp³-hybridized carbons (Fsp3) is 0.125. The lowest BCUT2D eigenvalue weighted by Gasteiger charge is -2.05. The summed E-state index contributed by atoms with van der Waals surface area (Å²) in [6.07, 6.45) is 0. The highest BCUT2D eigenvalue weighted by atomic mass is 16.5. The van der Waals surface area contributed by atoms with Gasteiger partial charge in [0.05, 0.1) is 5.56 Å². The van der Waals surface area contributed by atoms with Crippen molar-refractivity contribution in [3.8, 4) is 0 Å². The number of ether oxygens (including phenoxy) is 1. The maximum absolute atomic E-state index is 11.8. The van der Waals surface area contributed by atoms with E-state index < -0.39 is 5.97 Å². The summed E-state index contributed by atoms with van der Waals surface area (Å²) in [7, 11) is 1.56. The van der Waals surface area contributed by atoms with Gasteiger partial charge in [-0.05, 0) is 29.8 Å². The first kappa shape index (κ1) is 13.8. The molecule has 0 spiro atoms. The van der Waals surface area contributed by atoms with Gasteiger partial charge in [0.1, 0.15) is 6.61 Å². The van der Waals surface area contributed by atoms with Crippen molar-refractivity contribution in [1.29, 1.82) is 0 Å². The molecule has 0 bridgehead atoms. The predicted octanol–water partition coefficient (Wildman–Crippen LogP) is 2.40. The zero-order valence-electron chi connectivity index (χ0n) is 11.1. The van der Waals surface area contributed by atoms with E-state index >= 15 is 0 Å². The lowest BCUT2D eigenvalue weighted by molar-refractivity contribution is 0.0472. The van der Waals surface area contributed by atoms with Crippen molar-refractivity contribution in [3.63, 3.8) is 0 Å². The van der Waals surface area contributed by atoms with E-state index in [0.717, 1.165) is 5.56 Å². The average molecular weight is 269 g/mol. The highest BCUT2D eigenvalue weighted by molar-refractivity contribution is 5.96. The van der Waals surface area contributed by atoms with Gasteiger partial charge >= 0.3 is 5.97 Å². The number of benzene rings is 2. The van der Waals surface area contributed by atoms with Crippen molar-refractivity contribution >= 4 is 11.9 Å². The van der Waals surface area contributed by atoms with Gasteiger partial charge in [0.2, 0.25) is 0 Å². The van der Waals surface area contributed by atoms with Crippen molar-refractivity contribution < 1.29 is 14.3 Å². The number of carbonyl (C=O) groups is 2. The molecule has 0 atom stereocenters. The minimum absolute atomic E-state index is 0.186. The normalized spacial score (nSPS) is 9.85. The van der Waals surface area contributed by atoms with E-state index in [1.807, 2.05) is 30.3 Å². The first-order chi connectivity index (χ1) is 9.70. The van der Waals surface area contributed by atoms with Crippen LogP contribution in [0.15, 0.2) is 54.6 Å². The highest BCUT2D eigenvalue weighted by Crippen LogP contribution is 2.08. The molecule has 4 nitrogen and oxygen atoms in total. The lowest BCUT2D eigenvalue weighted by Crippen LogP contribution is -2.17. The molecule has 0 aliphatic rings. The van der Waals surface area contributed by atoms with Gasteiger partial charge in [-0.25, -0.2) is 4.79 Å². The molecule has 0 aliphatic heterocycles. The number of carbonyl (C=O) groups excluding carboxylic acids is 2. The lowest BCUT2D eigenvalue weighted by atomic mass is 10.1. The Balaban J connectivity index is 1.97. The third kappa shape index (κ3) is 3.45. The molecule has 0 aliphatic carbocycles. The molecule has 0 saturated carbocycles. The molecule has 20 heavy (non-hydrogen) atoms. The summed E-state index contributed by atoms with van der Waals surface area (Å²) in [4.78, 5) is 23.2. The monoisotopic (exact) mass is 269 g/mol. The van der Waals surface area contributed by atoms with Crippen molar-refractivity contribution in [2.24, 2.45) is 0 Å². The summed E-state index contributed by atoms with van der Waals surface area (Å²) < 4.78 is 5.20. The number of nitrogens with one attached hydrogen (secondary N) is 1. The Hall–Kier alpha value is -2.62. The van der Waals surface area contributed by atoms with Crippen LogP contribution in [0.3, 0.4) is 0 Å². The molecular weight excluding hydrogens is 254 g/mol. The Kier molecular flexibility index (Phi) is 4.50. The topological polar surface area (TPSA) is 55.4 Å². The molecule has 0 radical (unpaired) electrons. The van der Waals surface area contributed by atoms with E-state index in [1.54, 1.807) is 31.3 Å². The molecule has 102 valence electrons. The van der Waals surface area contributed by atoms with E-state index in [0.29, 0.717) is 11.1 Å². The number of rotatable bonds is 4. The Morgan fingerprint density at radius 3 is 2.15 bits per heavy atom. The van der Waals surface area contributed by atoms with Gasteiger partial charge in [-0.2, -0.15) is 0 Å². The van der Waals surface area contributed by atoms with Crippen molar-refractivity contribution in [1.82, 2.24) is 5.32 Å². The quantitative estimate of drug-likeness (QED) is 0.867. The summed E-state index contributed by atoms with van der Waals surface area (Å²) >= 11 is 0. The molecule has 0 fully saturated rings. The first-order valence-corrected chi connectivity index (χ1v) is 6.24. The zero-order chi connectivity index (χ0) is 14.4. The van der Waals surface area contributed by atoms with Gasteiger partial charge in [0, 0.05) is 12.6 Å². The third-order valence-corrected chi connectivity index (χ3v) is 2.82. The Labute approximate surface area is 117 Å². The van der Waals surface area contributed by atoms with Crippen molar-refractivity contribution in [2.45, 2.75) is 6.61 Å². The second-order valence-corrected chi connectivity index (χ2v) is 4.22. The summed E-state index contributed by atoms with van der Waals surface area (Å²) in [5.41, 5.74) is 1.86. The molecule has 1 amide bonds. The fourth-order valence-electron chi connectivity index (χ4n) is 1.71. The van der Waals surface area contributed by atoms with Crippen LogP contribution in [-0.4, -0.2) is 18.9 Å². The molecule has 0 aromatic heterocycles. The van der Waals surface area contributed by atoms with Gasteiger partial charge in [0.25, 0.3) is 5.91 Å². The summed E-state index contributed by atoms with van der Waals surface area (Å²) in [5.74, 6) is -0.591. The van der Waals surface area contributed by atoms with Crippen molar-refractivity contribution in [2.75, 3.05) is 7.05 Å². The SMILES string of the molecule is CNC(=O)c1ccc(C(=O)OCc2ccccc2)cc1. The molecule has 2 rings (SSSR count). The number of esters is 1. The van der Waals surface area contributed by atoms with Crippen LogP contribution in [0.25, 0.3) is 0 Å². The van der Waals surface area contributed by atoms with E-state index in [-0.39, 0.29) is 12.5 Å². The summed E-state index contributed by atoms with van der Waals surface area (Å²) in [6.45, 7) is 0.233. The smallest absolute Gasteiger partial charge is 0.338 e. The molecule has 2 aromatic carbocycles. The molecule has 0 unspecified atom stereocenters. The highest BCUT2D eigenvalue weighted by Gasteiger charge is 2.09. The van der Waals surface area contributed by atoms with Crippen LogP contribution in [0.5, 0.6) is 0 Å². The van der Waals surface area contributed by atoms with E-state index in [4.69, 9.17) is 4.74 Å². The van der Waals surface area contributed by atoms with Gasteiger partial charge < -0.3 is 10.1 Å². The molecular formula is C16H15NO3. The minimum Gasteiger partial charge on any atom is -0.457 e. The molecule has 0 heterocycles. The Morgan fingerprint density at radius 2 is 1.55 bits per heavy atom. The second-order valence-electron chi connectivity index (χ2n) is 4.22. The van der Waals surface area contributed by atoms with Crippen LogP contribution >= 0.6 is 0 Å². The van der Waals surface area contributed by atoms with Crippen LogP contribution in [0.1, 0.15) is 26.3 Å². The fourth-order valence-corrected chi connectivity index (χ4v) is 1.71. The largest absolute Gasteiger partial charge is 0.457 e. The predicted molar refractivity (Wildman–Crippen MR) is 75.4 cm³/mol. The third-order valence-electron chi connectivity index (χ3n) is 2.82. The van der Waals surface area contributed by atoms with Crippen LogP contribution < -0.4 is 5.32 Å². The van der Waals surface area contributed by atoms with Crippen LogP contribution in [-0.2, 0) is 11.3 Å². The maximum Gasteiger partial charge on any atom is 0.338 e. The maximum atomic E-state index is 11.8. The standard InChI is InChI=1S/C16H15NO3/c1-17-15(18)13-7-9-14(10-8-13)16(19)20-11-12-5-3-2-4-6-12/h2-10H,11H2,1H3,(H,17,18).